The molecule has 1 saturated carbocycles. The molecule has 41 heavy (non-hydrogen) atoms. The number of nitrogens with one attached hydrogen (secondary N) is 2. The van der Waals surface area contributed by atoms with Gasteiger partial charge in [0.15, 0.2) is 11.6 Å². The molecule has 0 bridgehead atoms. The maximum absolute atomic E-state index is 14.8. The summed E-state index contributed by atoms with van der Waals surface area (Å²) < 4.78 is 63.1. The Morgan fingerprint density at radius 1 is 1.00 bits per heavy atom. The highest BCUT2D eigenvalue weighted by atomic mass is 19.4. The van der Waals surface area contributed by atoms with Gasteiger partial charge in [-0.1, -0.05) is 0 Å². The van der Waals surface area contributed by atoms with Crippen molar-refractivity contribution in [2.45, 2.75) is 19.2 Å². The number of hydrogen-bond donors (Lipinski definition) is 2. The first-order valence-electron chi connectivity index (χ1n) is 12.0. The number of carbonyl (C=O) groups excluding carboxylic acids is 2. The predicted molar refractivity (Wildman–Crippen MR) is 136 cm³/mol. The van der Waals surface area contributed by atoms with Crippen LogP contribution in [0.3, 0.4) is 0 Å². The molecule has 2 heterocycles. The van der Waals surface area contributed by atoms with Gasteiger partial charge in [-0.05, 0) is 55.3 Å². The van der Waals surface area contributed by atoms with Crippen LogP contribution in [0.15, 0.2) is 65.6 Å². The van der Waals surface area contributed by atoms with E-state index >= 15 is 0 Å². The van der Waals surface area contributed by atoms with E-state index in [1.807, 2.05) is 0 Å². The molecule has 0 spiro atoms. The lowest BCUT2D eigenvalue weighted by Crippen LogP contribution is -2.24. The zero-order valence-corrected chi connectivity index (χ0v) is 21.1. The van der Waals surface area contributed by atoms with Crippen molar-refractivity contribution >= 4 is 23.3 Å². The number of rotatable bonds is 8. The van der Waals surface area contributed by atoms with E-state index in [0.29, 0.717) is 0 Å². The fourth-order valence-corrected chi connectivity index (χ4v) is 3.68. The highest BCUT2D eigenvalue weighted by Crippen LogP contribution is 2.31. The summed E-state index contributed by atoms with van der Waals surface area (Å²) in [5, 5.41) is 9.06. The number of hydrogen-bond acceptors (Lipinski definition) is 7. The molecule has 5 rings (SSSR count). The van der Waals surface area contributed by atoms with E-state index in [4.69, 9.17) is 4.74 Å². The third-order valence-electron chi connectivity index (χ3n) is 5.85. The van der Waals surface area contributed by atoms with Crippen LogP contribution in [0, 0.1) is 11.7 Å². The molecule has 1 aliphatic carbocycles. The van der Waals surface area contributed by atoms with Gasteiger partial charge in [-0.2, -0.15) is 4.68 Å². The molecule has 0 atom stereocenters. The quantitative estimate of drug-likeness (QED) is 0.300. The Bertz CT molecular complexity index is 1680. The smallest absolute Gasteiger partial charge is 0.454 e. The van der Waals surface area contributed by atoms with Gasteiger partial charge in [0.25, 0.3) is 5.91 Å². The van der Waals surface area contributed by atoms with Crippen LogP contribution in [0.25, 0.3) is 5.69 Å². The molecule has 11 nitrogen and oxygen atoms in total. The van der Waals surface area contributed by atoms with E-state index in [9.17, 15) is 31.9 Å². The summed E-state index contributed by atoms with van der Waals surface area (Å²) in [6, 6.07) is 10.9. The van der Waals surface area contributed by atoms with Crippen molar-refractivity contribution < 1.29 is 36.6 Å². The maximum Gasteiger partial charge on any atom is 0.573 e. The van der Waals surface area contributed by atoms with Crippen LogP contribution in [0.5, 0.6) is 17.2 Å². The Labute approximate surface area is 228 Å². The second-order valence-corrected chi connectivity index (χ2v) is 8.96. The van der Waals surface area contributed by atoms with E-state index in [2.05, 4.69) is 25.5 Å². The number of anilines is 2. The summed E-state index contributed by atoms with van der Waals surface area (Å²) >= 11 is 0. The lowest BCUT2D eigenvalue weighted by Gasteiger charge is -2.10. The van der Waals surface area contributed by atoms with E-state index in [1.165, 1.54) is 37.5 Å². The van der Waals surface area contributed by atoms with Crippen molar-refractivity contribution in [2.75, 3.05) is 10.6 Å². The van der Waals surface area contributed by atoms with Gasteiger partial charge in [-0.15, -0.1) is 18.3 Å². The fourth-order valence-electron chi connectivity index (χ4n) is 3.68. The van der Waals surface area contributed by atoms with Gasteiger partial charge >= 0.3 is 12.1 Å². The van der Waals surface area contributed by atoms with E-state index in [-0.39, 0.29) is 46.3 Å². The molecule has 2 aromatic heterocycles. The molecule has 2 N–H and O–H groups in total. The summed E-state index contributed by atoms with van der Waals surface area (Å²) in [5.74, 6) is -2.35. The van der Waals surface area contributed by atoms with Crippen LogP contribution in [0.1, 0.15) is 23.5 Å². The largest absolute Gasteiger partial charge is 0.573 e. The topological polar surface area (TPSA) is 129 Å². The van der Waals surface area contributed by atoms with Crippen molar-refractivity contribution in [3.05, 3.63) is 82.9 Å². The molecule has 212 valence electrons. The van der Waals surface area contributed by atoms with E-state index < -0.39 is 29.5 Å². The zero-order valence-electron chi connectivity index (χ0n) is 21.1. The molecule has 4 aromatic rings. The number of nitrogens with zero attached hydrogens (tertiary/aromatic N) is 4. The Kier molecular flexibility index (Phi) is 7.17. The normalized spacial score (nSPS) is 13.0. The number of amides is 2. The first kappa shape index (κ1) is 27.4. The molecular weight excluding hydrogens is 552 g/mol. The Hall–Kier alpha value is -5.21. The standard InChI is InChI=1S/C26H20F4N6O5/c1-35-22(34-36(25(35)39)16-5-7-17(8-6-16)41-26(28,29)30)24(38)32-15-4-9-20(19(27)12-15)40-18-10-11-31-21(13-18)33-23(37)14-2-3-14/h4-14H,2-3H2,1H3,(H,32,38)(H,31,33,37). The fraction of sp³-hybridized carbons (Fsp3) is 0.192. The molecule has 0 radical (unpaired) electrons. The zero-order chi connectivity index (χ0) is 29.3. The SMILES string of the molecule is Cn1c(C(=O)Nc2ccc(Oc3ccnc(NC(=O)C4CC4)c3)c(F)c2)nn(-c2ccc(OC(F)(F)F)cc2)c1=O. The van der Waals surface area contributed by atoms with Crippen LogP contribution in [-0.4, -0.2) is 37.5 Å². The lowest BCUT2D eigenvalue weighted by molar-refractivity contribution is -0.274. The van der Waals surface area contributed by atoms with Crippen molar-refractivity contribution in [1.82, 2.24) is 19.3 Å². The summed E-state index contributed by atoms with van der Waals surface area (Å²) in [6.07, 6.45) is -1.83. The molecule has 1 aliphatic rings. The van der Waals surface area contributed by atoms with Gasteiger partial charge in [0.05, 0.1) is 5.69 Å². The molecule has 2 amide bonds. The number of alkyl halides is 3. The summed E-state index contributed by atoms with van der Waals surface area (Å²) in [5.41, 5.74) is -0.639. The van der Waals surface area contributed by atoms with Gasteiger partial charge in [0.1, 0.15) is 17.3 Å². The van der Waals surface area contributed by atoms with Crippen LogP contribution in [-0.2, 0) is 11.8 Å². The maximum atomic E-state index is 14.8. The second kappa shape index (κ2) is 10.7. The van der Waals surface area contributed by atoms with Crippen LogP contribution >= 0.6 is 0 Å². The second-order valence-electron chi connectivity index (χ2n) is 8.96. The van der Waals surface area contributed by atoms with E-state index in [0.717, 1.165) is 52.4 Å². The number of aromatic nitrogens is 4. The summed E-state index contributed by atoms with van der Waals surface area (Å²) in [6.45, 7) is 0. The Morgan fingerprint density at radius 3 is 2.39 bits per heavy atom. The van der Waals surface area contributed by atoms with Crippen LogP contribution in [0.4, 0.5) is 29.1 Å². The first-order chi connectivity index (χ1) is 19.5. The van der Waals surface area contributed by atoms with Crippen LogP contribution in [0.2, 0.25) is 0 Å². The minimum atomic E-state index is -4.88. The molecular formula is C26H20F4N6O5. The van der Waals surface area contributed by atoms with Gasteiger partial charge in [-0.25, -0.2) is 14.2 Å². The van der Waals surface area contributed by atoms with Crippen LogP contribution < -0.4 is 25.8 Å². The Morgan fingerprint density at radius 2 is 1.73 bits per heavy atom. The van der Waals surface area contributed by atoms with Crippen molar-refractivity contribution in [3.63, 3.8) is 0 Å². The number of carbonyl (C=O) groups is 2. The average molecular weight is 572 g/mol. The minimum absolute atomic E-state index is 0.0222. The van der Waals surface area contributed by atoms with Crippen molar-refractivity contribution in [3.8, 4) is 22.9 Å². The molecule has 15 heteroatoms. The monoisotopic (exact) mass is 572 g/mol. The highest BCUT2D eigenvalue weighted by molar-refractivity contribution is 6.01. The third kappa shape index (κ3) is 6.51. The first-order valence-corrected chi connectivity index (χ1v) is 12.0. The highest BCUT2D eigenvalue weighted by Gasteiger charge is 2.31. The lowest BCUT2D eigenvalue weighted by atomic mass is 10.2. The molecule has 0 unspecified atom stereocenters. The van der Waals surface area contributed by atoms with Gasteiger partial charge in [0.2, 0.25) is 11.7 Å². The molecule has 0 saturated heterocycles. The van der Waals surface area contributed by atoms with Gasteiger partial charge < -0.3 is 20.1 Å². The van der Waals surface area contributed by atoms with Crippen molar-refractivity contribution in [2.24, 2.45) is 13.0 Å². The van der Waals surface area contributed by atoms with Gasteiger partial charge in [-0.3, -0.25) is 14.2 Å². The minimum Gasteiger partial charge on any atom is -0.454 e. The third-order valence-corrected chi connectivity index (χ3v) is 5.85. The van der Waals surface area contributed by atoms with Gasteiger partial charge in [0, 0.05) is 37.0 Å². The number of ether oxygens (including phenoxy) is 2. The number of halogens is 4. The number of pyridine rings is 1. The number of benzene rings is 2. The summed E-state index contributed by atoms with van der Waals surface area (Å²) in [4.78, 5) is 41.4. The molecule has 1 fully saturated rings. The predicted octanol–water partition coefficient (Wildman–Crippen LogP) is 4.40. The van der Waals surface area contributed by atoms with Crippen molar-refractivity contribution in [1.29, 1.82) is 0 Å². The Balaban J connectivity index is 1.27. The summed E-state index contributed by atoms with van der Waals surface area (Å²) in [7, 11) is 1.27. The average Bonchev–Trinajstić information content (AvgIpc) is 3.72. The molecule has 0 aliphatic heterocycles. The molecule has 2 aromatic carbocycles. The van der Waals surface area contributed by atoms with E-state index in [1.54, 1.807) is 0 Å².